The average molecular weight is 376 g/mol. The van der Waals surface area contributed by atoms with Gasteiger partial charge in [0.1, 0.15) is 6.54 Å². The molecule has 1 aromatic carbocycles. The minimum atomic E-state index is -0.751. The Bertz CT molecular complexity index is 873. The highest BCUT2D eigenvalue weighted by Gasteiger charge is 2.17. The Morgan fingerprint density at radius 2 is 1.91 bits per heavy atom. The Morgan fingerprint density at radius 3 is 2.61 bits per heavy atom. The highest BCUT2D eigenvalue weighted by Crippen LogP contribution is 2.14. The third kappa shape index (κ3) is 3.51. The van der Waals surface area contributed by atoms with Crippen molar-refractivity contribution < 1.29 is 9.32 Å². The zero-order chi connectivity index (χ0) is 16.2. The van der Waals surface area contributed by atoms with Crippen LogP contribution in [0.25, 0.3) is 11.6 Å². The first kappa shape index (κ1) is 15.1. The summed E-state index contributed by atoms with van der Waals surface area (Å²) in [6.45, 7) is -0.258. The van der Waals surface area contributed by atoms with Crippen LogP contribution in [0.3, 0.4) is 0 Å². The maximum absolute atomic E-state index is 12.1. The summed E-state index contributed by atoms with van der Waals surface area (Å²) < 4.78 is 6.58. The van der Waals surface area contributed by atoms with E-state index < -0.39 is 11.7 Å². The number of carbonyl (C=O) groups excluding carboxylic acids is 1. The second kappa shape index (κ2) is 6.53. The lowest BCUT2D eigenvalue weighted by molar-refractivity contribution is -0.116. The van der Waals surface area contributed by atoms with Gasteiger partial charge in [-0.3, -0.25) is 9.32 Å². The molecule has 0 aliphatic heterocycles. The van der Waals surface area contributed by atoms with Gasteiger partial charge in [0.15, 0.2) is 5.82 Å². The van der Waals surface area contributed by atoms with E-state index in [0.717, 1.165) is 9.04 Å². The van der Waals surface area contributed by atoms with Crippen LogP contribution < -0.4 is 11.1 Å². The SMILES string of the molecule is O=C(Cn1c(-c2ncccn2)noc1=O)Nc1ccc(Br)cc1. The number of halogens is 1. The Kier molecular flexibility index (Phi) is 4.29. The number of benzene rings is 1. The first-order chi connectivity index (χ1) is 11.1. The number of nitrogens with one attached hydrogen (secondary N) is 1. The Labute approximate surface area is 138 Å². The molecule has 8 nitrogen and oxygen atoms in total. The predicted octanol–water partition coefficient (Wildman–Crippen LogP) is 1.69. The van der Waals surface area contributed by atoms with Gasteiger partial charge in [0.2, 0.25) is 11.7 Å². The molecule has 3 rings (SSSR count). The van der Waals surface area contributed by atoms with Crippen molar-refractivity contribution in [3.05, 3.63) is 57.7 Å². The monoisotopic (exact) mass is 375 g/mol. The molecule has 0 bridgehead atoms. The molecular weight excluding hydrogens is 366 g/mol. The van der Waals surface area contributed by atoms with Crippen LogP contribution in [0.1, 0.15) is 0 Å². The molecule has 0 atom stereocenters. The van der Waals surface area contributed by atoms with Crippen LogP contribution in [-0.2, 0) is 11.3 Å². The lowest BCUT2D eigenvalue weighted by Crippen LogP contribution is -2.25. The number of carbonyl (C=O) groups is 1. The van der Waals surface area contributed by atoms with Crippen LogP contribution in [0, 0.1) is 0 Å². The van der Waals surface area contributed by atoms with E-state index in [-0.39, 0.29) is 18.2 Å². The van der Waals surface area contributed by atoms with Gasteiger partial charge >= 0.3 is 5.76 Å². The molecule has 0 fully saturated rings. The van der Waals surface area contributed by atoms with E-state index in [0.29, 0.717) is 5.69 Å². The molecule has 0 radical (unpaired) electrons. The minimum absolute atomic E-state index is 0.0987. The summed E-state index contributed by atoms with van der Waals surface area (Å²) in [5, 5.41) is 6.31. The summed E-state index contributed by atoms with van der Waals surface area (Å²) in [7, 11) is 0. The van der Waals surface area contributed by atoms with Crippen LogP contribution in [0.15, 0.2) is 56.5 Å². The lowest BCUT2D eigenvalue weighted by Gasteiger charge is -2.06. The van der Waals surface area contributed by atoms with Crippen LogP contribution in [0.2, 0.25) is 0 Å². The van der Waals surface area contributed by atoms with Crippen molar-refractivity contribution in [3.8, 4) is 11.6 Å². The topological polar surface area (TPSA) is 103 Å². The third-order valence-corrected chi connectivity index (χ3v) is 3.41. The maximum Gasteiger partial charge on any atom is 0.442 e. The largest absolute Gasteiger partial charge is 0.442 e. The molecule has 0 aliphatic carbocycles. The van der Waals surface area contributed by atoms with Gasteiger partial charge in [0, 0.05) is 22.6 Å². The third-order valence-electron chi connectivity index (χ3n) is 2.88. The molecule has 116 valence electrons. The predicted molar refractivity (Wildman–Crippen MR) is 84.6 cm³/mol. The number of aromatic nitrogens is 4. The van der Waals surface area contributed by atoms with Crippen molar-refractivity contribution in [1.82, 2.24) is 19.7 Å². The second-order valence-corrected chi connectivity index (χ2v) is 5.40. The minimum Gasteiger partial charge on any atom is -0.325 e. The molecule has 23 heavy (non-hydrogen) atoms. The van der Waals surface area contributed by atoms with E-state index in [1.807, 2.05) is 0 Å². The first-order valence-corrected chi connectivity index (χ1v) is 7.32. The maximum atomic E-state index is 12.1. The Hall–Kier alpha value is -2.81. The molecule has 3 aromatic rings. The molecule has 9 heteroatoms. The number of anilines is 1. The first-order valence-electron chi connectivity index (χ1n) is 6.53. The van der Waals surface area contributed by atoms with Crippen LogP contribution in [0.5, 0.6) is 0 Å². The van der Waals surface area contributed by atoms with Crippen molar-refractivity contribution in [2.24, 2.45) is 0 Å². The fourth-order valence-electron chi connectivity index (χ4n) is 1.86. The van der Waals surface area contributed by atoms with Crippen molar-refractivity contribution >= 4 is 27.5 Å². The van der Waals surface area contributed by atoms with E-state index in [4.69, 9.17) is 0 Å². The Balaban J connectivity index is 1.80. The summed E-state index contributed by atoms with van der Waals surface area (Å²) in [4.78, 5) is 31.8. The molecule has 2 heterocycles. The van der Waals surface area contributed by atoms with Gasteiger partial charge in [0.05, 0.1) is 0 Å². The molecule has 0 aliphatic rings. The molecule has 1 N–H and O–H groups in total. The highest BCUT2D eigenvalue weighted by molar-refractivity contribution is 9.10. The van der Waals surface area contributed by atoms with Crippen LogP contribution in [0.4, 0.5) is 5.69 Å². The van der Waals surface area contributed by atoms with Gasteiger partial charge in [-0.15, -0.1) is 0 Å². The normalized spacial score (nSPS) is 10.5. The molecule has 0 spiro atoms. The average Bonchev–Trinajstić information content (AvgIpc) is 2.91. The molecule has 1 amide bonds. The molecule has 0 saturated carbocycles. The van der Waals surface area contributed by atoms with E-state index in [9.17, 15) is 9.59 Å². The quantitative estimate of drug-likeness (QED) is 0.744. The van der Waals surface area contributed by atoms with Gasteiger partial charge in [-0.25, -0.2) is 19.3 Å². The molecule has 2 aromatic heterocycles. The number of rotatable bonds is 4. The summed E-state index contributed by atoms with van der Waals surface area (Å²) in [5.74, 6) is -0.843. The molecule has 0 saturated heterocycles. The summed E-state index contributed by atoms with van der Waals surface area (Å²) in [6.07, 6.45) is 3.02. The van der Waals surface area contributed by atoms with Gasteiger partial charge in [0.25, 0.3) is 0 Å². The van der Waals surface area contributed by atoms with Crippen molar-refractivity contribution in [2.45, 2.75) is 6.54 Å². The number of nitrogens with zero attached hydrogens (tertiary/aromatic N) is 4. The lowest BCUT2D eigenvalue weighted by atomic mass is 10.3. The zero-order valence-electron chi connectivity index (χ0n) is 11.6. The number of hydrogen-bond acceptors (Lipinski definition) is 6. The van der Waals surface area contributed by atoms with Gasteiger partial charge < -0.3 is 5.32 Å². The Morgan fingerprint density at radius 1 is 1.22 bits per heavy atom. The molecule has 0 unspecified atom stereocenters. The summed E-state index contributed by atoms with van der Waals surface area (Å²) in [6, 6.07) is 8.69. The standard InChI is InChI=1S/C14H10BrN5O3/c15-9-2-4-10(5-3-9)18-11(21)8-20-13(19-23-14(20)22)12-16-6-1-7-17-12/h1-7H,8H2,(H,18,21). The van der Waals surface area contributed by atoms with Gasteiger partial charge in [-0.2, -0.15) is 0 Å². The van der Waals surface area contributed by atoms with Crippen molar-refractivity contribution in [3.63, 3.8) is 0 Å². The number of hydrogen-bond donors (Lipinski definition) is 1. The summed E-state index contributed by atoms with van der Waals surface area (Å²) >= 11 is 3.31. The van der Waals surface area contributed by atoms with E-state index in [2.05, 4.69) is 40.9 Å². The molecular formula is C14H10BrN5O3. The number of amides is 1. The van der Waals surface area contributed by atoms with E-state index in [1.54, 1.807) is 30.3 Å². The van der Waals surface area contributed by atoms with Crippen LogP contribution >= 0.6 is 15.9 Å². The van der Waals surface area contributed by atoms with Crippen molar-refractivity contribution in [1.29, 1.82) is 0 Å². The summed E-state index contributed by atoms with van der Waals surface area (Å²) in [5.41, 5.74) is 0.611. The van der Waals surface area contributed by atoms with E-state index in [1.165, 1.54) is 12.4 Å². The second-order valence-electron chi connectivity index (χ2n) is 4.49. The van der Waals surface area contributed by atoms with Gasteiger partial charge in [-0.05, 0) is 30.3 Å². The van der Waals surface area contributed by atoms with E-state index >= 15 is 0 Å². The van der Waals surface area contributed by atoms with Crippen LogP contribution in [-0.4, -0.2) is 25.6 Å². The smallest absolute Gasteiger partial charge is 0.325 e. The van der Waals surface area contributed by atoms with Crippen molar-refractivity contribution in [2.75, 3.05) is 5.32 Å². The highest BCUT2D eigenvalue weighted by atomic mass is 79.9. The van der Waals surface area contributed by atoms with Gasteiger partial charge in [-0.1, -0.05) is 21.1 Å². The zero-order valence-corrected chi connectivity index (χ0v) is 13.2. The fraction of sp³-hybridized carbons (Fsp3) is 0.0714. The fourth-order valence-corrected chi connectivity index (χ4v) is 2.12.